The van der Waals surface area contributed by atoms with Crippen LogP contribution in [0.15, 0.2) is 24.3 Å². The Morgan fingerprint density at radius 1 is 1.16 bits per heavy atom. The number of aromatic nitrogens is 3. The summed E-state index contributed by atoms with van der Waals surface area (Å²) in [6.45, 7) is 2.53. The van der Waals surface area contributed by atoms with E-state index in [9.17, 15) is 0 Å². The lowest BCUT2D eigenvalue weighted by Gasteiger charge is -2.07. The summed E-state index contributed by atoms with van der Waals surface area (Å²) in [4.78, 5) is 13.3. The van der Waals surface area contributed by atoms with Gasteiger partial charge in [-0.2, -0.15) is 0 Å². The monoisotopic (exact) mass is 253 g/mol. The Kier molecular flexibility index (Phi) is 2.76. The first-order chi connectivity index (χ1) is 9.19. The summed E-state index contributed by atoms with van der Waals surface area (Å²) >= 11 is 0. The van der Waals surface area contributed by atoms with Gasteiger partial charge in [0.2, 0.25) is 0 Å². The molecule has 0 amide bonds. The zero-order valence-electron chi connectivity index (χ0n) is 10.7. The van der Waals surface area contributed by atoms with Crippen LogP contribution in [0.1, 0.15) is 11.4 Å². The highest BCUT2D eigenvalue weighted by molar-refractivity contribution is 5.96. The van der Waals surface area contributed by atoms with Crippen molar-refractivity contribution in [3.63, 3.8) is 0 Å². The molecule has 0 aliphatic carbocycles. The van der Waals surface area contributed by atoms with Crippen LogP contribution in [-0.4, -0.2) is 21.5 Å². The van der Waals surface area contributed by atoms with Gasteiger partial charge in [-0.05, 0) is 25.1 Å². The van der Waals surface area contributed by atoms with Gasteiger partial charge in [-0.1, -0.05) is 18.2 Å². The molecule has 0 unspecified atom stereocenters. The molecule has 4 N–H and O–H groups in total. The molecule has 2 aromatic heterocycles. The zero-order valence-corrected chi connectivity index (χ0v) is 10.7. The van der Waals surface area contributed by atoms with E-state index in [1.807, 2.05) is 31.2 Å². The molecule has 0 fully saturated rings. The van der Waals surface area contributed by atoms with Crippen molar-refractivity contribution < 1.29 is 0 Å². The minimum atomic E-state index is 0.462. The van der Waals surface area contributed by atoms with E-state index in [2.05, 4.69) is 15.0 Å². The minimum Gasteiger partial charge on any atom is -0.383 e. The van der Waals surface area contributed by atoms with Gasteiger partial charge in [0.1, 0.15) is 11.6 Å². The first-order valence-electron chi connectivity index (χ1n) is 6.21. The zero-order chi connectivity index (χ0) is 13.4. The topological polar surface area (TPSA) is 90.7 Å². The average molecular weight is 253 g/mol. The predicted octanol–water partition coefficient (Wildman–Crippen LogP) is 1.57. The maximum absolute atomic E-state index is 5.98. The smallest absolute Gasteiger partial charge is 0.165 e. The Balaban J connectivity index is 2.35. The maximum atomic E-state index is 5.98. The number of hydrogen-bond acceptors (Lipinski definition) is 5. The molecular weight excluding hydrogens is 238 g/mol. The van der Waals surface area contributed by atoms with E-state index in [-0.39, 0.29) is 0 Å². The molecule has 3 rings (SSSR count). The van der Waals surface area contributed by atoms with Gasteiger partial charge in [0.25, 0.3) is 0 Å². The van der Waals surface area contributed by atoms with Gasteiger partial charge in [-0.25, -0.2) is 15.0 Å². The Bertz CT molecular complexity index is 766. The van der Waals surface area contributed by atoms with E-state index in [4.69, 9.17) is 11.5 Å². The van der Waals surface area contributed by atoms with E-state index in [0.717, 1.165) is 21.9 Å². The van der Waals surface area contributed by atoms with Crippen molar-refractivity contribution in [2.75, 3.05) is 12.3 Å². The first-order valence-corrected chi connectivity index (χ1v) is 6.21. The molecule has 0 aliphatic rings. The van der Waals surface area contributed by atoms with Crippen LogP contribution >= 0.6 is 0 Å². The lowest BCUT2D eigenvalue weighted by Crippen LogP contribution is -2.08. The molecule has 19 heavy (non-hydrogen) atoms. The fourth-order valence-corrected chi connectivity index (χ4v) is 2.20. The number of rotatable bonds is 2. The molecule has 0 saturated carbocycles. The number of nitrogens with two attached hydrogens (primary N) is 2. The molecule has 3 aromatic rings. The van der Waals surface area contributed by atoms with Gasteiger partial charge in [-0.3, -0.25) is 0 Å². The van der Waals surface area contributed by atoms with E-state index < -0.39 is 0 Å². The second-order valence-electron chi connectivity index (χ2n) is 4.57. The normalized spacial score (nSPS) is 11.3. The molecule has 5 nitrogen and oxygen atoms in total. The third-order valence-corrected chi connectivity index (χ3v) is 3.16. The van der Waals surface area contributed by atoms with Gasteiger partial charge in [-0.15, -0.1) is 0 Å². The van der Waals surface area contributed by atoms with E-state index in [0.29, 0.717) is 30.3 Å². The van der Waals surface area contributed by atoms with Gasteiger partial charge >= 0.3 is 0 Å². The fourth-order valence-electron chi connectivity index (χ4n) is 2.20. The standard InChI is InChI=1S/C14H15N5/c1-8-3-2-4-9-7-10-13(16)17-11(5-6-15)18-14(10)19-12(8)9/h2-4,7H,5-6,15H2,1H3,(H2,16,17,18,19). The van der Waals surface area contributed by atoms with Crippen LogP contribution in [0.3, 0.4) is 0 Å². The number of nitrogens with zero attached hydrogens (tertiary/aromatic N) is 3. The van der Waals surface area contributed by atoms with Crippen molar-refractivity contribution in [2.24, 2.45) is 5.73 Å². The number of benzene rings is 1. The highest BCUT2D eigenvalue weighted by atomic mass is 15.0. The van der Waals surface area contributed by atoms with E-state index >= 15 is 0 Å². The first kappa shape index (κ1) is 11.8. The molecule has 5 heteroatoms. The summed E-state index contributed by atoms with van der Waals surface area (Å²) < 4.78 is 0. The average Bonchev–Trinajstić information content (AvgIpc) is 2.38. The van der Waals surface area contributed by atoms with Crippen molar-refractivity contribution in [3.8, 4) is 0 Å². The molecule has 1 aromatic carbocycles. The van der Waals surface area contributed by atoms with Crippen LogP contribution in [0.4, 0.5) is 5.82 Å². The molecule has 2 heterocycles. The molecule has 0 bridgehead atoms. The van der Waals surface area contributed by atoms with Crippen molar-refractivity contribution in [2.45, 2.75) is 13.3 Å². The highest BCUT2D eigenvalue weighted by Gasteiger charge is 2.08. The molecule has 0 aliphatic heterocycles. The van der Waals surface area contributed by atoms with Gasteiger partial charge in [0.15, 0.2) is 5.65 Å². The summed E-state index contributed by atoms with van der Waals surface area (Å²) in [5.74, 6) is 1.11. The summed E-state index contributed by atoms with van der Waals surface area (Å²) in [7, 11) is 0. The molecular formula is C14H15N5. The summed E-state index contributed by atoms with van der Waals surface area (Å²) in [6, 6.07) is 8.05. The van der Waals surface area contributed by atoms with Crippen molar-refractivity contribution in [3.05, 3.63) is 35.7 Å². The molecule has 0 spiro atoms. The number of nitrogen functional groups attached to an aromatic ring is 1. The van der Waals surface area contributed by atoms with Crippen molar-refractivity contribution in [1.29, 1.82) is 0 Å². The lowest BCUT2D eigenvalue weighted by molar-refractivity contribution is 0.879. The quantitative estimate of drug-likeness (QED) is 0.676. The van der Waals surface area contributed by atoms with Gasteiger partial charge in [0, 0.05) is 11.8 Å². The number of anilines is 1. The van der Waals surface area contributed by atoms with Crippen LogP contribution < -0.4 is 11.5 Å². The van der Waals surface area contributed by atoms with E-state index in [1.54, 1.807) is 0 Å². The lowest BCUT2D eigenvalue weighted by atomic mass is 10.1. The molecule has 0 radical (unpaired) electrons. The highest BCUT2D eigenvalue weighted by Crippen LogP contribution is 2.23. The van der Waals surface area contributed by atoms with Crippen molar-refractivity contribution >= 4 is 27.8 Å². The fraction of sp³-hybridized carbons (Fsp3) is 0.214. The maximum Gasteiger partial charge on any atom is 0.165 e. The Morgan fingerprint density at radius 3 is 2.79 bits per heavy atom. The van der Waals surface area contributed by atoms with Crippen molar-refractivity contribution in [1.82, 2.24) is 15.0 Å². The van der Waals surface area contributed by atoms with Crippen LogP contribution in [0, 0.1) is 6.92 Å². The second kappa shape index (κ2) is 4.44. The Morgan fingerprint density at radius 2 is 2.00 bits per heavy atom. The molecule has 96 valence electrons. The number of hydrogen-bond donors (Lipinski definition) is 2. The Hall–Kier alpha value is -2.27. The SMILES string of the molecule is Cc1cccc2cc3c(N)nc(CCN)nc3nc12. The van der Waals surface area contributed by atoms with Crippen LogP contribution in [0.2, 0.25) is 0 Å². The minimum absolute atomic E-state index is 0.462. The summed E-state index contributed by atoms with van der Waals surface area (Å²) in [5, 5.41) is 1.84. The summed E-state index contributed by atoms with van der Waals surface area (Å²) in [6.07, 6.45) is 0.605. The molecule has 0 atom stereocenters. The molecule has 0 saturated heterocycles. The number of fused-ring (bicyclic) bond motifs is 2. The second-order valence-corrected chi connectivity index (χ2v) is 4.57. The number of para-hydroxylation sites is 1. The van der Waals surface area contributed by atoms with Gasteiger partial charge < -0.3 is 11.5 Å². The van der Waals surface area contributed by atoms with Crippen LogP contribution in [0.25, 0.3) is 21.9 Å². The van der Waals surface area contributed by atoms with Gasteiger partial charge in [0.05, 0.1) is 10.9 Å². The van der Waals surface area contributed by atoms with E-state index in [1.165, 1.54) is 0 Å². The summed E-state index contributed by atoms with van der Waals surface area (Å²) in [5.41, 5.74) is 14.2. The largest absolute Gasteiger partial charge is 0.383 e. The van der Waals surface area contributed by atoms with Crippen LogP contribution in [0.5, 0.6) is 0 Å². The Labute approximate surface area is 110 Å². The number of pyridine rings is 1. The van der Waals surface area contributed by atoms with Crippen LogP contribution in [-0.2, 0) is 6.42 Å². The third kappa shape index (κ3) is 1.98. The predicted molar refractivity (Wildman–Crippen MR) is 76.7 cm³/mol. The third-order valence-electron chi connectivity index (χ3n) is 3.16. The number of aryl methyl sites for hydroxylation is 1.